The first-order valence-corrected chi connectivity index (χ1v) is 6.11. The third-order valence-corrected chi connectivity index (χ3v) is 2.80. The lowest BCUT2D eigenvalue weighted by molar-refractivity contribution is -0.129. The summed E-state index contributed by atoms with van der Waals surface area (Å²) in [5, 5.41) is 11.5. The summed E-state index contributed by atoms with van der Waals surface area (Å²) in [6.45, 7) is 1.53. The molecular formula is C14H14N2O3. The number of carbonyl (C=O) groups is 2. The predicted molar refractivity (Wildman–Crippen MR) is 67.2 cm³/mol. The molecule has 1 fully saturated rings. The van der Waals surface area contributed by atoms with E-state index in [1.54, 1.807) is 18.2 Å². The predicted octanol–water partition coefficient (Wildman–Crippen LogP) is 1.38. The fourth-order valence-electron chi connectivity index (χ4n) is 1.54. The fourth-order valence-corrected chi connectivity index (χ4v) is 1.54. The van der Waals surface area contributed by atoms with Crippen molar-refractivity contribution in [2.45, 2.75) is 31.9 Å². The molecule has 98 valence electrons. The van der Waals surface area contributed by atoms with Crippen molar-refractivity contribution >= 4 is 11.9 Å². The van der Waals surface area contributed by atoms with Gasteiger partial charge in [-0.05, 0) is 38.0 Å². The molecule has 1 atom stereocenters. The van der Waals surface area contributed by atoms with Gasteiger partial charge in [-0.25, -0.2) is 4.79 Å². The summed E-state index contributed by atoms with van der Waals surface area (Å²) >= 11 is 0. The maximum absolute atomic E-state index is 11.8. The number of hydrogen-bond acceptors (Lipinski definition) is 4. The highest BCUT2D eigenvalue weighted by Crippen LogP contribution is 2.19. The van der Waals surface area contributed by atoms with Gasteiger partial charge in [0.25, 0.3) is 5.91 Å². The van der Waals surface area contributed by atoms with Gasteiger partial charge in [0.2, 0.25) is 0 Å². The molecule has 19 heavy (non-hydrogen) atoms. The molecule has 5 heteroatoms. The zero-order chi connectivity index (χ0) is 13.8. The van der Waals surface area contributed by atoms with Gasteiger partial charge in [0.05, 0.1) is 17.2 Å². The normalized spacial score (nSPS) is 15.2. The molecule has 0 heterocycles. The van der Waals surface area contributed by atoms with E-state index in [9.17, 15) is 9.59 Å². The van der Waals surface area contributed by atoms with Crippen molar-refractivity contribution in [2.24, 2.45) is 0 Å². The van der Waals surface area contributed by atoms with E-state index in [4.69, 9.17) is 10.00 Å². The molecule has 0 bridgehead atoms. The van der Waals surface area contributed by atoms with Gasteiger partial charge in [-0.3, -0.25) is 4.79 Å². The average molecular weight is 258 g/mol. The molecule has 2 rings (SSSR count). The largest absolute Gasteiger partial charge is 0.449 e. The number of nitrogens with zero attached hydrogens (tertiary/aromatic N) is 1. The Kier molecular flexibility index (Phi) is 3.81. The first kappa shape index (κ1) is 13.1. The second kappa shape index (κ2) is 5.53. The van der Waals surface area contributed by atoms with Crippen molar-refractivity contribution in [3.63, 3.8) is 0 Å². The van der Waals surface area contributed by atoms with Crippen LogP contribution in [0, 0.1) is 11.3 Å². The van der Waals surface area contributed by atoms with Crippen LogP contribution in [0.5, 0.6) is 0 Å². The zero-order valence-electron chi connectivity index (χ0n) is 10.6. The van der Waals surface area contributed by atoms with Crippen LogP contribution in [0.1, 0.15) is 35.7 Å². The van der Waals surface area contributed by atoms with E-state index in [2.05, 4.69) is 5.32 Å². The molecular weight excluding hydrogens is 244 g/mol. The Morgan fingerprint density at radius 2 is 2.21 bits per heavy atom. The number of esters is 1. The van der Waals surface area contributed by atoms with E-state index in [1.165, 1.54) is 13.0 Å². The van der Waals surface area contributed by atoms with Crippen molar-refractivity contribution in [3.8, 4) is 6.07 Å². The summed E-state index contributed by atoms with van der Waals surface area (Å²) in [7, 11) is 0. The van der Waals surface area contributed by atoms with E-state index < -0.39 is 12.1 Å². The maximum atomic E-state index is 11.8. The summed E-state index contributed by atoms with van der Waals surface area (Å²) in [5.41, 5.74) is 0.648. The van der Waals surface area contributed by atoms with E-state index in [0.717, 1.165) is 12.8 Å². The lowest BCUT2D eigenvalue weighted by Crippen LogP contribution is -2.37. The van der Waals surface area contributed by atoms with Crippen LogP contribution in [0.3, 0.4) is 0 Å². The third-order valence-electron chi connectivity index (χ3n) is 2.80. The van der Waals surface area contributed by atoms with Crippen molar-refractivity contribution in [2.75, 3.05) is 0 Å². The molecule has 0 aliphatic heterocycles. The molecule has 5 nitrogen and oxygen atoms in total. The lowest BCUT2D eigenvalue weighted by Gasteiger charge is -2.13. The molecule has 1 aliphatic carbocycles. The van der Waals surface area contributed by atoms with E-state index in [1.807, 2.05) is 6.07 Å². The van der Waals surface area contributed by atoms with Gasteiger partial charge in [0, 0.05) is 6.04 Å². The number of rotatable bonds is 4. The standard InChI is InChI=1S/C14H14N2O3/c1-9(13(17)16-12-5-6-12)19-14(18)11-4-2-3-10(7-11)8-15/h2-4,7,9,12H,5-6H2,1H3,(H,16,17). The number of nitrogens with one attached hydrogen (secondary N) is 1. The smallest absolute Gasteiger partial charge is 0.338 e. The van der Waals surface area contributed by atoms with Crippen LogP contribution >= 0.6 is 0 Å². The Hall–Kier alpha value is -2.35. The summed E-state index contributed by atoms with van der Waals surface area (Å²) < 4.78 is 5.07. The molecule has 1 amide bonds. The molecule has 1 aromatic rings. The van der Waals surface area contributed by atoms with Crippen LogP contribution in [-0.2, 0) is 9.53 Å². The Morgan fingerprint density at radius 3 is 2.84 bits per heavy atom. The number of ether oxygens (including phenoxy) is 1. The molecule has 0 saturated heterocycles. The number of amides is 1. The van der Waals surface area contributed by atoms with Gasteiger partial charge in [0.1, 0.15) is 0 Å². The van der Waals surface area contributed by atoms with E-state index in [0.29, 0.717) is 5.56 Å². The van der Waals surface area contributed by atoms with Gasteiger partial charge in [-0.2, -0.15) is 5.26 Å². The Balaban J connectivity index is 1.95. The SMILES string of the molecule is CC(OC(=O)c1cccc(C#N)c1)C(=O)NC1CC1. The minimum absolute atomic E-state index is 0.232. The van der Waals surface area contributed by atoms with Crippen LogP contribution in [0.15, 0.2) is 24.3 Å². The molecule has 0 aromatic heterocycles. The second-order valence-electron chi connectivity index (χ2n) is 4.52. The number of hydrogen-bond donors (Lipinski definition) is 1. The van der Waals surface area contributed by atoms with E-state index >= 15 is 0 Å². The minimum Gasteiger partial charge on any atom is -0.449 e. The van der Waals surface area contributed by atoms with Crippen LogP contribution in [0.2, 0.25) is 0 Å². The lowest BCUT2D eigenvalue weighted by atomic mass is 10.1. The summed E-state index contributed by atoms with van der Waals surface area (Å²) in [6, 6.07) is 8.36. The van der Waals surface area contributed by atoms with Crippen LogP contribution in [0.4, 0.5) is 0 Å². The molecule has 0 spiro atoms. The second-order valence-corrected chi connectivity index (χ2v) is 4.52. The van der Waals surface area contributed by atoms with Gasteiger partial charge < -0.3 is 10.1 Å². The molecule has 1 saturated carbocycles. The summed E-state index contributed by atoms with van der Waals surface area (Å²) in [4.78, 5) is 23.5. The molecule has 1 unspecified atom stereocenters. The van der Waals surface area contributed by atoms with Crippen LogP contribution in [-0.4, -0.2) is 24.0 Å². The number of benzene rings is 1. The van der Waals surface area contributed by atoms with Gasteiger partial charge in [-0.1, -0.05) is 6.07 Å². The maximum Gasteiger partial charge on any atom is 0.338 e. The van der Waals surface area contributed by atoms with E-state index in [-0.39, 0.29) is 17.5 Å². The topological polar surface area (TPSA) is 79.2 Å². The molecule has 1 aromatic carbocycles. The Bertz CT molecular complexity index is 544. The summed E-state index contributed by atoms with van der Waals surface area (Å²) in [5.74, 6) is -0.886. The average Bonchev–Trinajstić information content (AvgIpc) is 3.22. The highest BCUT2D eigenvalue weighted by Gasteiger charge is 2.27. The van der Waals surface area contributed by atoms with Crippen molar-refractivity contribution < 1.29 is 14.3 Å². The first-order chi connectivity index (χ1) is 9.10. The number of nitriles is 1. The van der Waals surface area contributed by atoms with Crippen molar-refractivity contribution in [1.82, 2.24) is 5.32 Å². The van der Waals surface area contributed by atoms with Crippen LogP contribution < -0.4 is 5.32 Å². The first-order valence-electron chi connectivity index (χ1n) is 6.11. The summed E-state index contributed by atoms with van der Waals surface area (Å²) in [6.07, 6.45) is 1.13. The van der Waals surface area contributed by atoms with Crippen LogP contribution in [0.25, 0.3) is 0 Å². The quantitative estimate of drug-likeness (QED) is 0.827. The molecule has 1 N–H and O–H groups in total. The highest BCUT2D eigenvalue weighted by molar-refractivity contribution is 5.92. The fraction of sp³-hybridized carbons (Fsp3) is 0.357. The third kappa shape index (κ3) is 3.55. The Morgan fingerprint density at radius 1 is 1.47 bits per heavy atom. The van der Waals surface area contributed by atoms with Gasteiger partial charge >= 0.3 is 5.97 Å². The highest BCUT2D eigenvalue weighted by atomic mass is 16.5. The Labute approximate surface area is 111 Å². The zero-order valence-corrected chi connectivity index (χ0v) is 10.6. The minimum atomic E-state index is -0.834. The van der Waals surface area contributed by atoms with Gasteiger partial charge in [-0.15, -0.1) is 0 Å². The molecule has 1 aliphatic rings. The van der Waals surface area contributed by atoms with Gasteiger partial charge in [0.15, 0.2) is 6.10 Å². The van der Waals surface area contributed by atoms with Crippen molar-refractivity contribution in [3.05, 3.63) is 35.4 Å². The van der Waals surface area contributed by atoms with Crippen molar-refractivity contribution in [1.29, 1.82) is 5.26 Å². The molecule has 0 radical (unpaired) electrons. The number of carbonyl (C=O) groups excluding carboxylic acids is 2. The monoisotopic (exact) mass is 258 g/mol.